The summed E-state index contributed by atoms with van der Waals surface area (Å²) in [6.07, 6.45) is 0. The Morgan fingerprint density at radius 1 is 1.14 bits per heavy atom. The van der Waals surface area contributed by atoms with Gasteiger partial charge in [-0.2, -0.15) is 0 Å². The molecule has 2 aromatic carbocycles. The molecular formula is C17H11FO3. The van der Waals surface area contributed by atoms with E-state index in [1.165, 1.54) is 12.1 Å². The molecule has 0 N–H and O–H groups in total. The van der Waals surface area contributed by atoms with Gasteiger partial charge >= 0.3 is 5.63 Å². The Balaban J connectivity index is 2.11. The van der Waals surface area contributed by atoms with Crippen LogP contribution >= 0.6 is 0 Å². The molecule has 3 aromatic rings. The van der Waals surface area contributed by atoms with Crippen molar-refractivity contribution in [3.63, 3.8) is 0 Å². The SMILES string of the molecule is Cc1ccc2c(c1)OCc1c-2c(=O)oc2cc(F)ccc12. The number of rotatable bonds is 0. The van der Waals surface area contributed by atoms with Crippen molar-refractivity contribution in [3.8, 4) is 16.9 Å². The van der Waals surface area contributed by atoms with Gasteiger partial charge in [-0.25, -0.2) is 9.18 Å². The molecule has 1 aliphatic rings. The number of hydrogen-bond acceptors (Lipinski definition) is 3. The molecule has 4 rings (SSSR count). The average Bonchev–Trinajstić information content (AvgIpc) is 2.46. The maximum absolute atomic E-state index is 13.3. The molecule has 21 heavy (non-hydrogen) atoms. The first kappa shape index (κ1) is 12.1. The van der Waals surface area contributed by atoms with Crippen molar-refractivity contribution < 1.29 is 13.5 Å². The lowest BCUT2D eigenvalue weighted by Gasteiger charge is -2.21. The van der Waals surface area contributed by atoms with Crippen LogP contribution in [0.25, 0.3) is 22.1 Å². The van der Waals surface area contributed by atoms with E-state index < -0.39 is 11.4 Å². The van der Waals surface area contributed by atoms with Gasteiger partial charge in [-0.15, -0.1) is 0 Å². The average molecular weight is 282 g/mol. The van der Waals surface area contributed by atoms with E-state index in [0.29, 0.717) is 16.7 Å². The fraction of sp³-hybridized carbons (Fsp3) is 0.118. The van der Waals surface area contributed by atoms with Crippen molar-refractivity contribution in [2.45, 2.75) is 13.5 Å². The summed E-state index contributed by atoms with van der Waals surface area (Å²) in [4.78, 5) is 12.3. The largest absolute Gasteiger partial charge is 0.488 e. The van der Waals surface area contributed by atoms with E-state index in [1.54, 1.807) is 6.07 Å². The summed E-state index contributed by atoms with van der Waals surface area (Å²) < 4.78 is 24.3. The van der Waals surface area contributed by atoms with Gasteiger partial charge in [0, 0.05) is 22.6 Å². The second kappa shape index (κ2) is 4.19. The van der Waals surface area contributed by atoms with Crippen molar-refractivity contribution in [1.82, 2.24) is 0 Å². The van der Waals surface area contributed by atoms with E-state index in [-0.39, 0.29) is 12.2 Å². The molecular weight excluding hydrogens is 271 g/mol. The van der Waals surface area contributed by atoms with Gasteiger partial charge in [0.15, 0.2) is 0 Å². The summed E-state index contributed by atoms with van der Waals surface area (Å²) in [6.45, 7) is 2.24. The quantitative estimate of drug-likeness (QED) is 0.589. The summed E-state index contributed by atoms with van der Waals surface area (Å²) in [5.41, 5.74) is 2.83. The highest BCUT2D eigenvalue weighted by atomic mass is 19.1. The van der Waals surface area contributed by atoms with Crippen LogP contribution in [-0.4, -0.2) is 0 Å². The lowest BCUT2D eigenvalue weighted by atomic mass is 9.95. The van der Waals surface area contributed by atoms with Crippen molar-refractivity contribution in [2.75, 3.05) is 0 Å². The monoisotopic (exact) mass is 282 g/mol. The van der Waals surface area contributed by atoms with Crippen LogP contribution in [0.1, 0.15) is 11.1 Å². The van der Waals surface area contributed by atoms with Gasteiger partial charge in [0.25, 0.3) is 0 Å². The number of ether oxygens (including phenoxy) is 1. The maximum Gasteiger partial charge on any atom is 0.344 e. The molecule has 0 unspecified atom stereocenters. The molecule has 0 radical (unpaired) electrons. The van der Waals surface area contributed by atoms with Crippen LogP contribution in [0.4, 0.5) is 4.39 Å². The van der Waals surface area contributed by atoms with Crippen LogP contribution in [0.15, 0.2) is 45.6 Å². The summed E-state index contributed by atoms with van der Waals surface area (Å²) in [7, 11) is 0. The number of benzene rings is 2. The number of hydrogen-bond donors (Lipinski definition) is 0. The molecule has 0 atom stereocenters. The molecule has 0 saturated heterocycles. The fourth-order valence-corrected chi connectivity index (χ4v) is 2.77. The molecule has 0 spiro atoms. The highest BCUT2D eigenvalue weighted by Gasteiger charge is 2.24. The van der Waals surface area contributed by atoms with Crippen LogP contribution in [-0.2, 0) is 6.61 Å². The molecule has 1 aliphatic heterocycles. The van der Waals surface area contributed by atoms with Crippen LogP contribution in [0, 0.1) is 12.7 Å². The van der Waals surface area contributed by atoms with Crippen LogP contribution in [0.2, 0.25) is 0 Å². The molecule has 0 amide bonds. The third kappa shape index (κ3) is 1.76. The zero-order valence-corrected chi connectivity index (χ0v) is 11.3. The summed E-state index contributed by atoms with van der Waals surface area (Å²) in [5, 5.41) is 0.706. The van der Waals surface area contributed by atoms with Gasteiger partial charge in [0.1, 0.15) is 23.8 Å². The first-order valence-corrected chi connectivity index (χ1v) is 6.62. The van der Waals surface area contributed by atoms with E-state index in [0.717, 1.165) is 16.7 Å². The topological polar surface area (TPSA) is 39.4 Å². The Morgan fingerprint density at radius 3 is 2.86 bits per heavy atom. The molecule has 2 heterocycles. The van der Waals surface area contributed by atoms with Crippen LogP contribution in [0.3, 0.4) is 0 Å². The van der Waals surface area contributed by atoms with E-state index in [4.69, 9.17) is 9.15 Å². The highest BCUT2D eigenvalue weighted by molar-refractivity contribution is 5.89. The molecule has 3 nitrogen and oxygen atoms in total. The Hall–Kier alpha value is -2.62. The molecule has 4 heteroatoms. The normalized spacial score (nSPS) is 12.7. The summed E-state index contributed by atoms with van der Waals surface area (Å²) in [5.74, 6) is 0.245. The minimum atomic E-state index is -0.462. The number of aryl methyl sites for hydroxylation is 1. The fourth-order valence-electron chi connectivity index (χ4n) is 2.77. The molecule has 104 valence electrons. The summed E-state index contributed by atoms with van der Waals surface area (Å²) >= 11 is 0. The second-order valence-electron chi connectivity index (χ2n) is 5.17. The van der Waals surface area contributed by atoms with Crippen molar-refractivity contribution >= 4 is 11.0 Å². The zero-order valence-electron chi connectivity index (χ0n) is 11.3. The van der Waals surface area contributed by atoms with Gasteiger partial charge in [-0.1, -0.05) is 12.1 Å². The maximum atomic E-state index is 13.3. The first-order valence-electron chi connectivity index (χ1n) is 6.62. The number of fused-ring (bicyclic) bond motifs is 5. The Kier molecular flexibility index (Phi) is 2.42. The second-order valence-corrected chi connectivity index (χ2v) is 5.17. The van der Waals surface area contributed by atoms with Gasteiger partial charge in [0.05, 0.1) is 5.56 Å². The lowest BCUT2D eigenvalue weighted by Crippen LogP contribution is -2.15. The minimum Gasteiger partial charge on any atom is -0.488 e. The van der Waals surface area contributed by atoms with Gasteiger partial charge in [-0.3, -0.25) is 0 Å². The smallest absolute Gasteiger partial charge is 0.344 e. The van der Waals surface area contributed by atoms with Gasteiger partial charge in [-0.05, 0) is 30.7 Å². The Bertz CT molecular complexity index is 941. The standard InChI is InChI=1S/C17H11FO3/c1-9-2-4-12-14(6-9)20-8-13-11-5-3-10(18)7-15(11)21-17(19)16(12)13/h2-7H,8H2,1H3. The van der Waals surface area contributed by atoms with Gasteiger partial charge < -0.3 is 9.15 Å². The number of halogens is 1. The Morgan fingerprint density at radius 2 is 2.00 bits per heavy atom. The van der Waals surface area contributed by atoms with Gasteiger partial charge in [0.2, 0.25) is 0 Å². The van der Waals surface area contributed by atoms with Crippen molar-refractivity contribution in [3.05, 3.63) is 63.8 Å². The highest BCUT2D eigenvalue weighted by Crippen LogP contribution is 2.38. The van der Waals surface area contributed by atoms with Crippen molar-refractivity contribution in [1.29, 1.82) is 0 Å². The molecule has 0 bridgehead atoms. The van der Waals surface area contributed by atoms with Crippen LogP contribution in [0.5, 0.6) is 5.75 Å². The molecule has 0 aliphatic carbocycles. The molecule has 0 saturated carbocycles. The predicted octanol–water partition coefficient (Wildman–Crippen LogP) is 3.80. The predicted molar refractivity (Wildman–Crippen MR) is 76.9 cm³/mol. The van der Waals surface area contributed by atoms with Crippen molar-refractivity contribution in [2.24, 2.45) is 0 Å². The lowest BCUT2D eigenvalue weighted by molar-refractivity contribution is 0.302. The van der Waals surface area contributed by atoms with E-state index in [1.807, 2.05) is 25.1 Å². The zero-order chi connectivity index (χ0) is 14.6. The summed E-state index contributed by atoms with van der Waals surface area (Å²) in [6, 6.07) is 9.87. The molecule has 1 aromatic heterocycles. The van der Waals surface area contributed by atoms with Crippen LogP contribution < -0.4 is 10.4 Å². The third-order valence-electron chi connectivity index (χ3n) is 3.76. The minimum absolute atomic E-state index is 0.248. The van der Waals surface area contributed by atoms with E-state index in [9.17, 15) is 9.18 Å². The molecule has 0 fully saturated rings. The van der Waals surface area contributed by atoms with E-state index >= 15 is 0 Å². The van der Waals surface area contributed by atoms with E-state index in [2.05, 4.69) is 0 Å². The third-order valence-corrected chi connectivity index (χ3v) is 3.76. The first-order chi connectivity index (χ1) is 10.1. The Labute approximate surface area is 119 Å².